The maximum Gasteiger partial charge on any atom is 0.341 e. The number of hydrogen-bond acceptors (Lipinski definition) is 4. The van der Waals surface area contributed by atoms with Crippen molar-refractivity contribution in [2.45, 2.75) is 25.7 Å². The van der Waals surface area contributed by atoms with Crippen LogP contribution in [0.15, 0.2) is 30.5 Å². The van der Waals surface area contributed by atoms with Crippen LogP contribution in [0.2, 0.25) is 0 Å². The molecule has 0 spiro atoms. The smallest absolute Gasteiger partial charge is 0.341 e. The first kappa shape index (κ1) is 18.6. The van der Waals surface area contributed by atoms with Crippen LogP contribution in [0.1, 0.15) is 31.2 Å². The molecule has 0 saturated carbocycles. The van der Waals surface area contributed by atoms with E-state index < -0.39 is 5.97 Å². The summed E-state index contributed by atoms with van der Waals surface area (Å²) in [7, 11) is 2.84. The van der Waals surface area contributed by atoms with Crippen molar-refractivity contribution < 1.29 is 19.0 Å². The van der Waals surface area contributed by atoms with Gasteiger partial charge in [-0.05, 0) is 18.9 Å². The third kappa shape index (κ3) is 6.10. The molecule has 5 heteroatoms. The van der Waals surface area contributed by atoms with E-state index in [0.717, 1.165) is 18.2 Å². The van der Waals surface area contributed by atoms with Crippen molar-refractivity contribution in [1.29, 1.82) is 0 Å². The Hall–Kier alpha value is -1.49. The topological polar surface area (TPSA) is 44.8 Å². The summed E-state index contributed by atoms with van der Waals surface area (Å²) in [5.74, 6) is 0.215. The second kappa shape index (κ2) is 11.1. The van der Waals surface area contributed by atoms with Gasteiger partial charge < -0.3 is 14.2 Å². The van der Waals surface area contributed by atoms with E-state index >= 15 is 0 Å². The van der Waals surface area contributed by atoms with Crippen molar-refractivity contribution in [2.75, 3.05) is 26.2 Å². The zero-order chi connectivity index (χ0) is 16.2. The van der Waals surface area contributed by atoms with Gasteiger partial charge >= 0.3 is 5.97 Å². The lowest BCUT2D eigenvalue weighted by Crippen LogP contribution is -2.07. The van der Waals surface area contributed by atoms with Gasteiger partial charge in [-0.25, -0.2) is 4.79 Å². The predicted octanol–water partition coefficient (Wildman–Crippen LogP) is 4.18. The number of esters is 1. The molecule has 0 N–H and O–H groups in total. The minimum absolute atomic E-state index is 0.347. The largest absolute Gasteiger partial charge is 0.503 e. The minimum Gasteiger partial charge on any atom is -0.503 e. The van der Waals surface area contributed by atoms with Gasteiger partial charge in [0.05, 0.1) is 27.1 Å². The Morgan fingerprint density at radius 3 is 2.55 bits per heavy atom. The first-order chi connectivity index (χ1) is 10.7. The number of hydrogen-bond donors (Lipinski definition) is 0. The lowest BCUT2D eigenvalue weighted by molar-refractivity contribution is -0.133. The second-order valence-corrected chi connectivity index (χ2v) is 5.50. The van der Waals surface area contributed by atoms with Crippen LogP contribution in [0, 0.1) is 0 Å². The summed E-state index contributed by atoms with van der Waals surface area (Å²) >= 11 is 3.42. The van der Waals surface area contributed by atoms with Crippen LogP contribution in [0.4, 0.5) is 0 Å². The molecule has 0 aliphatic carbocycles. The van der Waals surface area contributed by atoms with Crippen molar-refractivity contribution in [3.8, 4) is 5.75 Å². The number of benzene rings is 1. The monoisotopic (exact) mass is 370 g/mol. The molecular formula is C17H23BrO4. The number of alkyl halides is 1. The lowest BCUT2D eigenvalue weighted by atomic mass is 10.1. The van der Waals surface area contributed by atoms with Gasteiger partial charge in [0.2, 0.25) is 0 Å². The first-order valence-corrected chi connectivity index (χ1v) is 8.46. The van der Waals surface area contributed by atoms with Gasteiger partial charge in [-0.2, -0.15) is 0 Å². The Morgan fingerprint density at radius 2 is 1.86 bits per heavy atom. The molecule has 0 aliphatic heterocycles. The summed E-state index contributed by atoms with van der Waals surface area (Å²) in [6.45, 7) is 0.626. The van der Waals surface area contributed by atoms with Crippen LogP contribution >= 0.6 is 15.9 Å². The minimum atomic E-state index is -0.449. The molecule has 1 aromatic rings. The zero-order valence-corrected chi connectivity index (χ0v) is 14.7. The van der Waals surface area contributed by atoms with E-state index in [4.69, 9.17) is 14.2 Å². The van der Waals surface area contributed by atoms with Gasteiger partial charge in [0.25, 0.3) is 0 Å². The van der Waals surface area contributed by atoms with Crippen molar-refractivity contribution >= 4 is 27.5 Å². The van der Waals surface area contributed by atoms with Crippen molar-refractivity contribution in [2.24, 2.45) is 0 Å². The molecule has 122 valence electrons. The zero-order valence-electron chi connectivity index (χ0n) is 13.1. The van der Waals surface area contributed by atoms with Gasteiger partial charge in [0.15, 0.2) is 0 Å². The van der Waals surface area contributed by atoms with Crippen LogP contribution in [0.3, 0.4) is 0 Å². The molecule has 0 aromatic heterocycles. The molecule has 4 nitrogen and oxygen atoms in total. The summed E-state index contributed by atoms with van der Waals surface area (Å²) < 4.78 is 15.6. The highest BCUT2D eigenvalue weighted by atomic mass is 79.9. The van der Waals surface area contributed by atoms with Gasteiger partial charge in [0, 0.05) is 10.9 Å². The number of ether oxygens (including phenoxy) is 3. The number of methoxy groups -OCH3 is 2. The highest BCUT2D eigenvalue weighted by Gasteiger charge is 2.17. The molecule has 0 amide bonds. The molecule has 1 aromatic carbocycles. The standard InChI is InChI=1S/C17H23BrO4/c1-20-13-15(17(19)21-2)14-9-5-6-10-16(14)22-12-8-4-3-7-11-18/h5-6,9-10,13H,3-4,7-8,11-12H2,1-2H3/b15-13+. The van der Waals surface area contributed by atoms with Gasteiger partial charge in [-0.1, -0.05) is 47.0 Å². The van der Waals surface area contributed by atoms with Crippen LogP contribution in [-0.4, -0.2) is 32.1 Å². The van der Waals surface area contributed by atoms with Gasteiger partial charge in [-0.15, -0.1) is 0 Å². The molecule has 0 aliphatic rings. The normalized spacial score (nSPS) is 11.1. The Balaban J connectivity index is 2.72. The Bertz CT molecular complexity index is 485. The summed E-state index contributed by atoms with van der Waals surface area (Å²) in [5, 5.41) is 1.04. The molecule has 22 heavy (non-hydrogen) atoms. The number of unbranched alkanes of at least 4 members (excludes halogenated alkanes) is 3. The summed E-state index contributed by atoms with van der Waals surface area (Å²) in [4.78, 5) is 11.9. The average molecular weight is 371 g/mol. The van der Waals surface area contributed by atoms with E-state index in [1.807, 2.05) is 24.3 Å². The summed E-state index contributed by atoms with van der Waals surface area (Å²) in [6, 6.07) is 7.40. The molecule has 0 unspecified atom stereocenters. The van der Waals surface area contributed by atoms with Crippen LogP contribution in [0.5, 0.6) is 5.75 Å². The maximum absolute atomic E-state index is 11.9. The Morgan fingerprint density at radius 1 is 1.14 bits per heavy atom. The van der Waals surface area contributed by atoms with Gasteiger partial charge in [-0.3, -0.25) is 0 Å². The highest BCUT2D eigenvalue weighted by molar-refractivity contribution is 9.09. The third-order valence-corrected chi connectivity index (χ3v) is 3.66. The predicted molar refractivity (Wildman–Crippen MR) is 91.2 cm³/mol. The van der Waals surface area contributed by atoms with E-state index in [9.17, 15) is 4.79 Å². The van der Waals surface area contributed by atoms with E-state index in [0.29, 0.717) is 23.5 Å². The number of carbonyl (C=O) groups is 1. The molecule has 0 bridgehead atoms. The van der Waals surface area contributed by atoms with Crippen LogP contribution in [-0.2, 0) is 14.3 Å². The quantitative estimate of drug-likeness (QED) is 0.204. The molecule has 0 fully saturated rings. The third-order valence-electron chi connectivity index (χ3n) is 3.10. The fraction of sp³-hybridized carbons (Fsp3) is 0.471. The fourth-order valence-corrected chi connectivity index (χ4v) is 2.39. The number of para-hydroxylation sites is 1. The fourth-order valence-electron chi connectivity index (χ4n) is 2.00. The Labute approximate surface area is 140 Å². The van der Waals surface area contributed by atoms with E-state index in [-0.39, 0.29) is 0 Å². The molecule has 0 atom stereocenters. The van der Waals surface area contributed by atoms with Gasteiger partial charge in [0.1, 0.15) is 11.3 Å². The van der Waals surface area contributed by atoms with E-state index in [1.54, 1.807) is 0 Å². The first-order valence-electron chi connectivity index (χ1n) is 7.34. The summed E-state index contributed by atoms with van der Waals surface area (Å²) in [6.07, 6.45) is 5.87. The SMILES string of the molecule is CO/C=C(/C(=O)OC)c1ccccc1OCCCCCCBr. The van der Waals surface area contributed by atoms with E-state index in [1.165, 1.54) is 33.3 Å². The van der Waals surface area contributed by atoms with Crippen molar-refractivity contribution in [3.05, 3.63) is 36.1 Å². The van der Waals surface area contributed by atoms with Crippen molar-refractivity contribution in [3.63, 3.8) is 0 Å². The van der Waals surface area contributed by atoms with E-state index in [2.05, 4.69) is 15.9 Å². The van der Waals surface area contributed by atoms with Crippen molar-refractivity contribution in [1.82, 2.24) is 0 Å². The molecule has 0 heterocycles. The molecule has 0 saturated heterocycles. The molecular weight excluding hydrogens is 348 g/mol. The molecule has 0 radical (unpaired) electrons. The number of carbonyl (C=O) groups excluding carboxylic acids is 1. The second-order valence-electron chi connectivity index (χ2n) is 4.71. The van der Waals surface area contributed by atoms with Crippen LogP contribution in [0.25, 0.3) is 5.57 Å². The molecule has 1 rings (SSSR count). The maximum atomic E-state index is 11.9. The Kier molecular flexibility index (Phi) is 9.39. The number of rotatable bonds is 10. The summed E-state index contributed by atoms with van der Waals surface area (Å²) in [5.41, 5.74) is 1.02. The average Bonchev–Trinajstić information content (AvgIpc) is 2.55. The lowest BCUT2D eigenvalue weighted by Gasteiger charge is -2.12. The highest BCUT2D eigenvalue weighted by Crippen LogP contribution is 2.27. The van der Waals surface area contributed by atoms with Crippen LogP contribution < -0.4 is 4.74 Å². The number of halogens is 1.